The summed E-state index contributed by atoms with van der Waals surface area (Å²) in [5, 5.41) is 20.9. The van der Waals surface area contributed by atoms with Gasteiger partial charge in [0.15, 0.2) is 0 Å². The maximum Gasteiger partial charge on any atom is 0.332 e. The predicted molar refractivity (Wildman–Crippen MR) is 114 cm³/mol. The first-order valence-electron chi connectivity index (χ1n) is 10.4. The van der Waals surface area contributed by atoms with Crippen molar-refractivity contribution < 1.29 is 19.8 Å². The summed E-state index contributed by atoms with van der Waals surface area (Å²) in [5.41, 5.74) is 1.05. The molecule has 0 saturated heterocycles. The van der Waals surface area contributed by atoms with E-state index in [1.54, 1.807) is 31.2 Å². The number of carbonyl (C=O) groups is 2. The first kappa shape index (κ1) is 21.6. The fourth-order valence-electron chi connectivity index (χ4n) is 5.12. The zero-order valence-corrected chi connectivity index (χ0v) is 17.8. The molecule has 1 aromatic rings. The Morgan fingerprint density at radius 1 is 1.14 bits per heavy atom. The van der Waals surface area contributed by atoms with E-state index in [1.165, 1.54) is 19.3 Å². The fraction of sp³-hybridized carbons (Fsp3) is 0.500. The van der Waals surface area contributed by atoms with Gasteiger partial charge in [-0.15, -0.1) is 0 Å². The SMILES string of the molecule is CC1=CC(CCC2CCCCC2)(C(=O)O)C(c2cc(Cl)ccc2C)C(C(=O)O)=C1. The Morgan fingerprint density at radius 3 is 2.45 bits per heavy atom. The van der Waals surface area contributed by atoms with E-state index in [0.29, 0.717) is 28.5 Å². The summed E-state index contributed by atoms with van der Waals surface area (Å²) in [4.78, 5) is 24.9. The van der Waals surface area contributed by atoms with Gasteiger partial charge in [0.25, 0.3) is 0 Å². The number of hydrogen-bond acceptors (Lipinski definition) is 2. The number of hydrogen-bond donors (Lipinski definition) is 2. The minimum atomic E-state index is -1.29. The minimum Gasteiger partial charge on any atom is -0.481 e. The number of aryl methyl sites for hydroxylation is 1. The molecule has 29 heavy (non-hydrogen) atoms. The molecule has 0 radical (unpaired) electrons. The maximum absolute atomic E-state index is 12.7. The van der Waals surface area contributed by atoms with E-state index in [2.05, 4.69) is 0 Å². The molecule has 0 aliphatic heterocycles. The summed E-state index contributed by atoms with van der Waals surface area (Å²) < 4.78 is 0. The standard InChI is InChI=1S/C24H29ClO4/c1-15-12-20(22(26)27)21(19-13-18(25)9-8-16(19)2)24(14-15,23(28)29)11-10-17-6-4-3-5-7-17/h8-9,12-14,17,21H,3-7,10-11H2,1-2H3,(H,26,27)(H,28,29). The second-order valence-corrected chi connectivity index (χ2v) is 9.05. The third kappa shape index (κ3) is 4.42. The van der Waals surface area contributed by atoms with Crippen LogP contribution in [0.25, 0.3) is 0 Å². The van der Waals surface area contributed by atoms with Crippen LogP contribution in [0, 0.1) is 18.3 Å². The minimum absolute atomic E-state index is 0.126. The lowest BCUT2D eigenvalue weighted by molar-refractivity contribution is -0.148. The summed E-state index contributed by atoms with van der Waals surface area (Å²) >= 11 is 6.23. The molecule has 3 rings (SSSR count). The maximum atomic E-state index is 12.7. The summed E-state index contributed by atoms with van der Waals surface area (Å²) in [5.74, 6) is -2.31. The second-order valence-electron chi connectivity index (χ2n) is 8.62. The molecule has 1 fully saturated rings. The van der Waals surface area contributed by atoms with Gasteiger partial charge in [-0.3, -0.25) is 4.79 Å². The monoisotopic (exact) mass is 416 g/mol. The van der Waals surface area contributed by atoms with Gasteiger partial charge in [0.2, 0.25) is 0 Å². The molecule has 0 heterocycles. The molecule has 2 N–H and O–H groups in total. The summed E-state index contributed by atoms with van der Waals surface area (Å²) in [7, 11) is 0. The van der Waals surface area contributed by atoms with Crippen molar-refractivity contribution in [2.24, 2.45) is 11.3 Å². The molecule has 0 bridgehead atoms. The Kier molecular flexibility index (Phi) is 6.52. The van der Waals surface area contributed by atoms with Gasteiger partial charge in [0.1, 0.15) is 0 Å². The van der Waals surface area contributed by atoms with E-state index in [0.717, 1.165) is 24.8 Å². The highest BCUT2D eigenvalue weighted by Gasteiger charge is 2.50. The van der Waals surface area contributed by atoms with Crippen molar-refractivity contribution >= 4 is 23.5 Å². The van der Waals surface area contributed by atoms with Crippen LogP contribution in [0.1, 0.15) is 68.9 Å². The topological polar surface area (TPSA) is 74.6 Å². The molecule has 1 saturated carbocycles. The van der Waals surface area contributed by atoms with E-state index in [-0.39, 0.29) is 5.57 Å². The molecule has 2 aliphatic carbocycles. The lowest BCUT2D eigenvalue weighted by Crippen LogP contribution is -2.41. The van der Waals surface area contributed by atoms with Crippen LogP contribution in [0.5, 0.6) is 0 Å². The van der Waals surface area contributed by atoms with Crippen molar-refractivity contribution in [3.8, 4) is 0 Å². The van der Waals surface area contributed by atoms with Gasteiger partial charge in [0.05, 0.1) is 5.41 Å². The normalized spacial score (nSPS) is 25.3. The lowest BCUT2D eigenvalue weighted by atomic mass is 9.61. The van der Waals surface area contributed by atoms with Crippen LogP contribution in [0.15, 0.2) is 41.5 Å². The number of rotatable bonds is 6. The van der Waals surface area contributed by atoms with Gasteiger partial charge in [0, 0.05) is 16.5 Å². The Morgan fingerprint density at radius 2 is 1.83 bits per heavy atom. The first-order chi connectivity index (χ1) is 13.7. The van der Waals surface area contributed by atoms with Crippen molar-refractivity contribution in [2.45, 2.75) is 64.7 Å². The number of halogens is 1. The molecular formula is C24H29ClO4. The van der Waals surface area contributed by atoms with Crippen molar-refractivity contribution in [3.63, 3.8) is 0 Å². The van der Waals surface area contributed by atoms with Gasteiger partial charge in [-0.2, -0.15) is 0 Å². The van der Waals surface area contributed by atoms with Crippen molar-refractivity contribution in [3.05, 3.63) is 57.6 Å². The van der Waals surface area contributed by atoms with E-state index in [9.17, 15) is 19.8 Å². The quantitative estimate of drug-likeness (QED) is 0.584. The number of aliphatic carboxylic acids is 2. The Labute approximate surface area is 177 Å². The highest BCUT2D eigenvalue weighted by Crippen LogP contribution is 2.51. The highest BCUT2D eigenvalue weighted by molar-refractivity contribution is 6.30. The molecule has 2 atom stereocenters. The van der Waals surface area contributed by atoms with Crippen LogP contribution in [-0.2, 0) is 9.59 Å². The van der Waals surface area contributed by atoms with Crippen LogP contribution < -0.4 is 0 Å². The predicted octanol–water partition coefficient (Wildman–Crippen LogP) is 6.13. The Hall–Kier alpha value is -2.07. The first-order valence-corrected chi connectivity index (χ1v) is 10.8. The summed E-state index contributed by atoms with van der Waals surface area (Å²) in [6.45, 7) is 3.66. The average Bonchev–Trinajstić information content (AvgIpc) is 2.68. The molecule has 4 nitrogen and oxygen atoms in total. The van der Waals surface area contributed by atoms with E-state index >= 15 is 0 Å². The smallest absolute Gasteiger partial charge is 0.332 e. The molecule has 2 aliphatic rings. The second kappa shape index (κ2) is 8.74. The number of allylic oxidation sites excluding steroid dienone is 2. The zero-order chi connectivity index (χ0) is 21.2. The number of carboxylic acid groups (broad SMARTS) is 2. The van der Waals surface area contributed by atoms with Crippen LogP contribution in [0.3, 0.4) is 0 Å². The van der Waals surface area contributed by atoms with Crippen LogP contribution >= 0.6 is 11.6 Å². The largest absolute Gasteiger partial charge is 0.481 e. The number of carboxylic acids is 2. The van der Waals surface area contributed by atoms with E-state index < -0.39 is 23.3 Å². The highest BCUT2D eigenvalue weighted by atomic mass is 35.5. The number of benzene rings is 1. The molecule has 0 spiro atoms. The van der Waals surface area contributed by atoms with Crippen LogP contribution in [0.2, 0.25) is 5.02 Å². The van der Waals surface area contributed by atoms with Crippen molar-refractivity contribution in [1.29, 1.82) is 0 Å². The summed E-state index contributed by atoms with van der Waals surface area (Å²) in [6, 6.07) is 5.31. The van der Waals surface area contributed by atoms with Crippen molar-refractivity contribution in [1.82, 2.24) is 0 Å². The zero-order valence-electron chi connectivity index (χ0n) is 17.1. The average molecular weight is 417 g/mol. The van der Waals surface area contributed by atoms with Crippen LogP contribution in [-0.4, -0.2) is 22.2 Å². The van der Waals surface area contributed by atoms with Gasteiger partial charge < -0.3 is 10.2 Å². The molecule has 0 amide bonds. The van der Waals surface area contributed by atoms with Gasteiger partial charge in [-0.25, -0.2) is 4.79 Å². The molecular weight excluding hydrogens is 388 g/mol. The fourth-order valence-corrected chi connectivity index (χ4v) is 5.30. The Balaban J connectivity index is 2.11. The molecule has 0 aromatic heterocycles. The molecule has 1 aromatic carbocycles. The molecule has 2 unspecified atom stereocenters. The van der Waals surface area contributed by atoms with Gasteiger partial charge in [-0.1, -0.05) is 61.4 Å². The Bertz CT molecular complexity index is 864. The lowest BCUT2D eigenvalue weighted by Gasteiger charge is -2.40. The van der Waals surface area contributed by atoms with Gasteiger partial charge >= 0.3 is 11.9 Å². The van der Waals surface area contributed by atoms with Crippen molar-refractivity contribution in [2.75, 3.05) is 0 Å². The third-order valence-electron chi connectivity index (χ3n) is 6.58. The summed E-state index contributed by atoms with van der Waals surface area (Å²) in [6.07, 6.45) is 10.5. The van der Waals surface area contributed by atoms with Gasteiger partial charge in [-0.05, 0) is 61.9 Å². The van der Waals surface area contributed by atoms with E-state index in [1.807, 2.05) is 13.0 Å². The third-order valence-corrected chi connectivity index (χ3v) is 6.82. The van der Waals surface area contributed by atoms with E-state index in [4.69, 9.17) is 11.6 Å². The molecule has 156 valence electrons. The molecule has 5 heteroatoms. The van der Waals surface area contributed by atoms with Crippen LogP contribution in [0.4, 0.5) is 0 Å².